The van der Waals surface area contributed by atoms with E-state index in [0.717, 1.165) is 33.9 Å². The highest BCUT2D eigenvalue weighted by molar-refractivity contribution is 7.90. The first-order valence-electron chi connectivity index (χ1n) is 11.5. The Balaban J connectivity index is 1.51. The number of nitrogens with zero attached hydrogens (tertiary/aromatic N) is 3. The third-order valence-electron chi connectivity index (χ3n) is 6.43. The molecule has 2 aromatic carbocycles. The summed E-state index contributed by atoms with van der Waals surface area (Å²) in [6.45, 7) is 1.67. The van der Waals surface area contributed by atoms with Gasteiger partial charge < -0.3 is 5.32 Å². The highest BCUT2D eigenvalue weighted by atomic mass is 32.2. The summed E-state index contributed by atoms with van der Waals surface area (Å²) in [5, 5.41) is 3.20. The van der Waals surface area contributed by atoms with Gasteiger partial charge in [0.1, 0.15) is 12.1 Å². The number of fused-ring (bicyclic) bond motifs is 1. The summed E-state index contributed by atoms with van der Waals surface area (Å²) in [5.74, 6) is 0.175. The maximum atomic E-state index is 13.5. The van der Waals surface area contributed by atoms with Crippen molar-refractivity contribution in [2.24, 2.45) is 0 Å². The molecular weight excluding hydrogens is 491 g/mol. The Morgan fingerprint density at radius 1 is 1.03 bits per heavy atom. The van der Waals surface area contributed by atoms with Crippen LogP contribution in [0.4, 0.5) is 19.0 Å². The van der Waals surface area contributed by atoms with Crippen LogP contribution in [0, 0.1) is 0 Å². The summed E-state index contributed by atoms with van der Waals surface area (Å²) >= 11 is 0. The van der Waals surface area contributed by atoms with E-state index in [4.69, 9.17) is 0 Å². The van der Waals surface area contributed by atoms with Crippen LogP contribution in [0.2, 0.25) is 0 Å². The molecule has 0 atom stereocenters. The predicted octanol–water partition coefficient (Wildman–Crippen LogP) is 4.25. The van der Waals surface area contributed by atoms with Gasteiger partial charge in [-0.1, -0.05) is 30.3 Å². The van der Waals surface area contributed by atoms with Crippen LogP contribution < -0.4 is 10.0 Å². The third-order valence-corrected chi connectivity index (χ3v) is 7.89. The Kier molecular flexibility index (Phi) is 6.54. The van der Waals surface area contributed by atoms with E-state index in [9.17, 15) is 21.6 Å². The standard InChI is InChI=1S/C25H24F3N5O2S/c26-25(27,28)19-4-5-22(23(14-19)17-6-10-29-11-7-17)21-3-1-2-18-15-33(13-9-20(18)21)36(34,35)32-24-8-12-30-16-31-24/h1-6,8,12,14,16,29H,7,9-11,13,15H2,(H,30,31,32). The zero-order valence-corrected chi connectivity index (χ0v) is 20.0. The van der Waals surface area contributed by atoms with E-state index < -0.39 is 21.9 Å². The quantitative estimate of drug-likeness (QED) is 0.531. The van der Waals surface area contributed by atoms with Crippen LogP contribution in [-0.4, -0.2) is 42.3 Å². The molecule has 2 aliphatic rings. The van der Waals surface area contributed by atoms with Crippen LogP contribution in [-0.2, 0) is 29.4 Å². The van der Waals surface area contributed by atoms with Gasteiger partial charge in [-0.3, -0.25) is 4.72 Å². The average Bonchev–Trinajstić information content (AvgIpc) is 2.88. The first-order chi connectivity index (χ1) is 17.2. The molecule has 0 aliphatic carbocycles. The van der Waals surface area contributed by atoms with Crippen LogP contribution in [0.25, 0.3) is 16.7 Å². The van der Waals surface area contributed by atoms with E-state index in [-0.39, 0.29) is 18.9 Å². The fourth-order valence-corrected chi connectivity index (χ4v) is 5.83. The number of benzene rings is 2. The molecule has 0 amide bonds. The second-order valence-electron chi connectivity index (χ2n) is 8.67. The van der Waals surface area contributed by atoms with E-state index in [1.165, 1.54) is 35.0 Å². The highest BCUT2D eigenvalue weighted by Gasteiger charge is 2.33. The maximum absolute atomic E-state index is 13.5. The molecule has 0 radical (unpaired) electrons. The number of nitrogens with one attached hydrogen (secondary N) is 2. The van der Waals surface area contributed by atoms with Crippen LogP contribution in [0.1, 0.15) is 28.7 Å². The van der Waals surface area contributed by atoms with Crippen LogP contribution >= 0.6 is 0 Å². The van der Waals surface area contributed by atoms with Gasteiger partial charge >= 0.3 is 16.4 Å². The molecule has 0 bridgehead atoms. The molecule has 188 valence electrons. The van der Waals surface area contributed by atoms with Gasteiger partial charge in [0.25, 0.3) is 0 Å². The zero-order valence-electron chi connectivity index (χ0n) is 19.2. The molecule has 0 fully saturated rings. The molecule has 0 spiro atoms. The minimum Gasteiger partial charge on any atom is -0.313 e. The van der Waals surface area contributed by atoms with Gasteiger partial charge in [0, 0.05) is 25.8 Å². The average molecular weight is 516 g/mol. The fourth-order valence-electron chi connectivity index (χ4n) is 4.68. The van der Waals surface area contributed by atoms with Gasteiger partial charge in [-0.25, -0.2) is 9.97 Å². The fraction of sp³-hybridized carbons (Fsp3) is 0.280. The second kappa shape index (κ2) is 9.64. The van der Waals surface area contributed by atoms with Gasteiger partial charge in [0.2, 0.25) is 0 Å². The lowest BCUT2D eigenvalue weighted by atomic mass is 9.85. The van der Waals surface area contributed by atoms with Crippen molar-refractivity contribution in [3.8, 4) is 11.1 Å². The number of aromatic nitrogens is 2. The summed E-state index contributed by atoms with van der Waals surface area (Å²) in [4.78, 5) is 7.70. The molecule has 1 aromatic heterocycles. The molecule has 7 nitrogen and oxygen atoms in total. The lowest BCUT2D eigenvalue weighted by Crippen LogP contribution is -2.39. The summed E-state index contributed by atoms with van der Waals surface area (Å²) < 4.78 is 70.3. The van der Waals surface area contributed by atoms with Crippen molar-refractivity contribution in [1.82, 2.24) is 19.6 Å². The number of hydrogen-bond acceptors (Lipinski definition) is 5. The van der Waals surface area contributed by atoms with Crippen LogP contribution in [0.3, 0.4) is 0 Å². The largest absolute Gasteiger partial charge is 0.416 e. The van der Waals surface area contributed by atoms with Crippen LogP contribution in [0.5, 0.6) is 0 Å². The smallest absolute Gasteiger partial charge is 0.313 e. The molecule has 36 heavy (non-hydrogen) atoms. The number of rotatable bonds is 5. The monoisotopic (exact) mass is 515 g/mol. The molecule has 11 heteroatoms. The van der Waals surface area contributed by atoms with E-state index in [1.54, 1.807) is 0 Å². The molecule has 2 aliphatic heterocycles. The normalized spacial score (nSPS) is 16.8. The third kappa shape index (κ3) is 4.99. The van der Waals surface area contributed by atoms with Crippen molar-refractivity contribution in [3.05, 3.63) is 83.3 Å². The van der Waals surface area contributed by atoms with E-state index >= 15 is 0 Å². The molecular formula is C25H24F3N5O2S. The van der Waals surface area contributed by atoms with E-state index in [0.29, 0.717) is 31.5 Å². The number of anilines is 1. The Labute approximate surface area is 207 Å². The van der Waals surface area contributed by atoms with Crippen molar-refractivity contribution in [1.29, 1.82) is 0 Å². The molecule has 5 rings (SSSR count). The lowest BCUT2D eigenvalue weighted by molar-refractivity contribution is -0.137. The number of alkyl halides is 3. The Bertz CT molecular complexity index is 1410. The van der Waals surface area contributed by atoms with Gasteiger partial charge in [0.15, 0.2) is 0 Å². The molecule has 0 unspecified atom stereocenters. The van der Waals surface area contributed by atoms with Gasteiger partial charge in [0.05, 0.1) is 5.56 Å². The van der Waals surface area contributed by atoms with E-state index in [2.05, 4.69) is 20.0 Å². The predicted molar refractivity (Wildman–Crippen MR) is 131 cm³/mol. The van der Waals surface area contributed by atoms with Crippen molar-refractivity contribution in [2.75, 3.05) is 24.4 Å². The lowest BCUT2D eigenvalue weighted by Gasteiger charge is -2.30. The van der Waals surface area contributed by atoms with Crippen molar-refractivity contribution in [3.63, 3.8) is 0 Å². The minimum atomic E-state index is -4.44. The summed E-state index contributed by atoms with van der Waals surface area (Å²) in [5.41, 5.74) is 4.08. The van der Waals surface area contributed by atoms with Gasteiger partial charge in [-0.15, -0.1) is 0 Å². The molecule has 3 heterocycles. The first kappa shape index (κ1) is 24.4. The molecule has 0 saturated carbocycles. The summed E-state index contributed by atoms with van der Waals surface area (Å²) in [7, 11) is -3.85. The SMILES string of the molecule is O=S(=O)(Nc1ccncn1)N1CCc2c(cccc2-c2ccc(C(F)(F)F)cc2C2=CCNCC2)C1. The van der Waals surface area contributed by atoms with E-state index in [1.807, 2.05) is 24.3 Å². The number of hydrogen-bond donors (Lipinski definition) is 2. The Morgan fingerprint density at radius 2 is 1.89 bits per heavy atom. The Hall–Kier alpha value is -3.28. The second-order valence-corrected chi connectivity index (χ2v) is 10.3. The van der Waals surface area contributed by atoms with Crippen LogP contribution in [0.15, 0.2) is 61.1 Å². The summed E-state index contributed by atoms with van der Waals surface area (Å²) in [6.07, 6.45) is 1.26. The topological polar surface area (TPSA) is 87.2 Å². The van der Waals surface area contributed by atoms with Crippen molar-refractivity contribution in [2.45, 2.75) is 25.6 Å². The maximum Gasteiger partial charge on any atom is 0.416 e. The Morgan fingerprint density at radius 3 is 2.61 bits per heavy atom. The summed E-state index contributed by atoms with van der Waals surface area (Å²) in [6, 6.07) is 10.9. The van der Waals surface area contributed by atoms with Gasteiger partial charge in [-0.2, -0.15) is 25.9 Å². The zero-order chi connectivity index (χ0) is 25.3. The highest BCUT2D eigenvalue weighted by Crippen LogP contribution is 2.40. The van der Waals surface area contributed by atoms with Crippen molar-refractivity contribution >= 4 is 21.6 Å². The number of halogens is 3. The molecule has 2 N–H and O–H groups in total. The first-order valence-corrected chi connectivity index (χ1v) is 12.9. The molecule has 3 aromatic rings. The van der Waals surface area contributed by atoms with Crippen molar-refractivity contribution < 1.29 is 21.6 Å². The van der Waals surface area contributed by atoms with Gasteiger partial charge in [-0.05, 0) is 71.0 Å². The molecule has 0 saturated heterocycles. The minimum absolute atomic E-state index is 0.145.